The van der Waals surface area contributed by atoms with E-state index in [1.54, 1.807) is 25.1 Å². The molecule has 0 aromatic heterocycles. The quantitative estimate of drug-likeness (QED) is 0.897. The van der Waals surface area contributed by atoms with Gasteiger partial charge in [-0.05, 0) is 25.1 Å². The Morgan fingerprint density at radius 2 is 2.40 bits per heavy atom. The van der Waals surface area contributed by atoms with Crippen molar-refractivity contribution in [1.82, 2.24) is 0 Å². The van der Waals surface area contributed by atoms with E-state index in [9.17, 15) is 4.79 Å². The van der Waals surface area contributed by atoms with E-state index < -0.39 is 6.09 Å². The van der Waals surface area contributed by atoms with Gasteiger partial charge in [0.1, 0.15) is 6.07 Å². The summed E-state index contributed by atoms with van der Waals surface area (Å²) in [6.45, 7) is 2.01. The van der Waals surface area contributed by atoms with Gasteiger partial charge in [-0.25, -0.2) is 4.79 Å². The van der Waals surface area contributed by atoms with E-state index in [1.165, 1.54) is 0 Å². The van der Waals surface area contributed by atoms with Crippen molar-refractivity contribution in [3.63, 3.8) is 0 Å². The van der Waals surface area contributed by atoms with E-state index >= 15 is 0 Å². The molecule has 1 rings (SSSR count). The second-order valence-corrected chi connectivity index (χ2v) is 3.56. The minimum absolute atomic E-state index is 0.293. The van der Waals surface area contributed by atoms with Crippen LogP contribution in [-0.2, 0) is 4.74 Å². The van der Waals surface area contributed by atoms with Gasteiger partial charge in [0.2, 0.25) is 0 Å². The highest BCUT2D eigenvalue weighted by atomic mass is 79.9. The highest BCUT2D eigenvalue weighted by molar-refractivity contribution is 9.10. The van der Waals surface area contributed by atoms with Gasteiger partial charge in [0.25, 0.3) is 0 Å². The van der Waals surface area contributed by atoms with Gasteiger partial charge in [-0.2, -0.15) is 5.26 Å². The van der Waals surface area contributed by atoms with Crippen LogP contribution in [0.1, 0.15) is 12.5 Å². The molecular formula is C10H9BrN2O2. The van der Waals surface area contributed by atoms with Gasteiger partial charge in [-0.1, -0.05) is 15.9 Å². The second-order valence-electron chi connectivity index (χ2n) is 2.65. The van der Waals surface area contributed by atoms with E-state index in [1.807, 2.05) is 6.07 Å². The molecule has 5 heteroatoms. The van der Waals surface area contributed by atoms with Gasteiger partial charge in [0, 0.05) is 4.47 Å². The van der Waals surface area contributed by atoms with Crippen molar-refractivity contribution in [2.75, 3.05) is 11.9 Å². The van der Waals surface area contributed by atoms with Crippen LogP contribution in [0.25, 0.3) is 0 Å². The molecule has 0 fully saturated rings. The molecule has 0 atom stereocenters. The maximum Gasteiger partial charge on any atom is 0.411 e. The number of carbonyl (C=O) groups is 1. The van der Waals surface area contributed by atoms with Gasteiger partial charge in [-0.15, -0.1) is 0 Å². The molecule has 0 aliphatic heterocycles. The molecule has 0 saturated heterocycles. The number of nitrogens with one attached hydrogen (secondary N) is 1. The Kier molecular flexibility index (Phi) is 4.13. The fourth-order valence-corrected chi connectivity index (χ4v) is 1.36. The molecule has 0 spiro atoms. The summed E-state index contributed by atoms with van der Waals surface area (Å²) in [5.74, 6) is 0. The minimum Gasteiger partial charge on any atom is -0.450 e. The van der Waals surface area contributed by atoms with Crippen LogP contribution >= 0.6 is 15.9 Å². The standard InChI is InChI=1S/C10H9BrN2O2/c1-2-15-10(14)13-9-5-8(11)4-3-7(9)6-12/h3-5H,2H2,1H3,(H,13,14). The molecule has 0 heterocycles. The lowest BCUT2D eigenvalue weighted by Gasteiger charge is -2.06. The van der Waals surface area contributed by atoms with Crippen LogP contribution < -0.4 is 5.32 Å². The van der Waals surface area contributed by atoms with Crippen molar-refractivity contribution in [2.24, 2.45) is 0 Å². The first-order chi connectivity index (χ1) is 7.17. The molecule has 0 saturated carbocycles. The van der Waals surface area contributed by atoms with Crippen molar-refractivity contribution in [2.45, 2.75) is 6.92 Å². The smallest absolute Gasteiger partial charge is 0.411 e. The predicted molar refractivity (Wildman–Crippen MR) is 59.5 cm³/mol. The molecule has 0 bridgehead atoms. The Balaban J connectivity index is 2.88. The third kappa shape index (κ3) is 3.26. The molecule has 0 unspecified atom stereocenters. The number of amides is 1. The zero-order chi connectivity index (χ0) is 11.3. The highest BCUT2D eigenvalue weighted by Gasteiger charge is 2.07. The third-order valence-electron chi connectivity index (χ3n) is 1.61. The minimum atomic E-state index is -0.563. The summed E-state index contributed by atoms with van der Waals surface area (Å²) < 4.78 is 5.50. The van der Waals surface area contributed by atoms with Gasteiger partial charge in [0.05, 0.1) is 17.9 Å². The maximum absolute atomic E-state index is 11.1. The summed E-state index contributed by atoms with van der Waals surface area (Å²) in [7, 11) is 0. The molecule has 0 aliphatic carbocycles. The van der Waals surface area contributed by atoms with Crippen molar-refractivity contribution in [3.8, 4) is 6.07 Å². The fraction of sp³-hybridized carbons (Fsp3) is 0.200. The highest BCUT2D eigenvalue weighted by Crippen LogP contribution is 2.20. The summed E-state index contributed by atoms with van der Waals surface area (Å²) in [5.41, 5.74) is 0.830. The largest absolute Gasteiger partial charge is 0.450 e. The molecule has 1 N–H and O–H groups in total. The van der Waals surface area contributed by atoms with Crippen molar-refractivity contribution in [3.05, 3.63) is 28.2 Å². The number of anilines is 1. The summed E-state index contributed by atoms with van der Waals surface area (Å²) in [6, 6.07) is 6.98. The Morgan fingerprint density at radius 3 is 3.00 bits per heavy atom. The van der Waals surface area contributed by atoms with Crippen LogP contribution in [-0.4, -0.2) is 12.7 Å². The van der Waals surface area contributed by atoms with Crippen molar-refractivity contribution >= 4 is 27.7 Å². The van der Waals surface area contributed by atoms with E-state index in [2.05, 4.69) is 21.2 Å². The van der Waals surface area contributed by atoms with Gasteiger partial charge in [-0.3, -0.25) is 5.32 Å². The summed E-state index contributed by atoms with van der Waals surface area (Å²) >= 11 is 3.25. The van der Waals surface area contributed by atoms with E-state index in [0.29, 0.717) is 17.9 Å². The fourth-order valence-electron chi connectivity index (χ4n) is 0.995. The number of benzene rings is 1. The average molecular weight is 269 g/mol. The molecule has 78 valence electrons. The SMILES string of the molecule is CCOC(=O)Nc1cc(Br)ccc1C#N. The molecule has 4 nitrogen and oxygen atoms in total. The number of hydrogen-bond donors (Lipinski definition) is 1. The average Bonchev–Trinajstić information content (AvgIpc) is 2.18. The predicted octanol–water partition coefficient (Wildman–Crippen LogP) is 2.89. The Bertz CT molecular complexity index is 412. The van der Waals surface area contributed by atoms with Crippen molar-refractivity contribution < 1.29 is 9.53 Å². The number of ether oxygens (including phenoxy) is 1. The Morgan fingerprint density at radius 1 is 1.67 bits per heavy atom. The molecule has 1 aromatic rings. The van der Waals surface area contributed by atoms with E-state index in [0.717, 1.165) is 4.47 Å². The zero-order valence-electron chi connectivity index (χ0n) is 8.08. The molecule has 1 aromatic carbocycles. The van der Waals surface area contributed by atoms with E-state index in [-0.39, 0.29) is 0 Å². The lowest BCUT2D eigenvalue weighted by Crippen LogP contribution is -2.14. The van der Waals surface area contributed by atoms with Crippen LogP contribution in [0.3, 0.4) is 0 Å². The normalized spacial score (nSPS) is 9.13. The molecule has 1 amide bonds. The monoisotopic (exact) mass is 268 g/mol. The first-order valence-corrected chi connectivity index (χ1v) is 5.10. The summed E-state index contributed by atoms with van der Waals surface area (Å²) in [4.78, 5) is 11.1. The first-order valence-electron chi connectivity index (χ1n) is 4.30. The second kappa shape index (κ2) is 5.37. The molecular weight excluding hydrogens is 260 g/mol. The number of nitrogens with zero attached hydrogens (tertiary/aromatic N) is 1. The molecule has 15 heavy (non-hydrogen) atoms. The summed E-state index contributed by atoms with van der Waals surface area (Å²) in [6.07, 6.45) is -0.563. The molecule has 0 aliphatic rings. The molecule has 0 radical (unpaired) electrons. The van der Waals surface area contributed by atoms with Crippen LogP contribution in [0.5, 0.6) is 0 Å². The number of nitriles is 1. The number of halogens is 1. The van der Waals surface area contributed by atoms with Crippen LogP contribution in [0, 0.1) is 11.3 Å². The van der Waals surface area contributed by atoms with E-state index in [4.69, 9.17) is 10.00 Å². The lowest BCUT2D eigenvalue weighted by atomic mass is 10.2. The third-order valence-corrected chi connectivity index (χ3v) is 2.11. The van der Waals surface area contributed by atoms with Gasteiger partial charge in [0.15, 0.2) is 0 Å². The van der Waals surface area contributed by atoms with Crippen LogP contribution in [0.4, 0.5) is 10.5 Å². The number of carbonyl (C=O) groups excluding carboxylic acids is 1. The van der Waals surface area contributed by atoms with Crippen LogP contribution in [0.15, 0.2) is 22.7 Å². The number of rotatable bonds is 2. The van der Waals surface area contributed by atoms with Crippen molar-refractivity contribution in [1.29, 1.82) is 5.26 Å². The zero-order valence-corrected chi connectivity index (χ0v) is 9.67. The van der Waals surface area contributed by atoms with Gasteiger partial charge < -0.3 is 4.74 Å². The van der Waals surface area contributed by atoms with Crippen LogP contribution in [0.2, 0.25) is 0 Å². The Hall–Kier alpha value is -1.54. The van der Waals surface area contributed by atoms with Gasteiger partial charge >= 0.3 is 6.09 Å². The first kappa shape index (κ1) is 11.5. The Labute approximate surface area is 96.0 Å². The lowest BCUT2D eigenvalue weighted by molar-refractivity contribution is 0.168. The topological polar surface area (TPSA) is 62.1 Å². The maximum atomic E-state index is 11.1. The number of hydrogen-bond acceptors (Lipinski definition) is 3. The summed E-state index contributed by atoms with van der Waals surface area (Å²) in [5, 5.41) is 11.3.